The Morgan fingerprint density at radius 3 is 2.56 bits per heavy atom. The summed E-state index contributed by atoms with van der Waals surface area (Å²) >= 11 is 0. The average Bonchev–Trinajstić information content (AvgIpc) is 2.77. The number of hydrogen-bond acceptors (Lipinski definition) is 3. The minimum Gasteiger partial charge on any atom is -0.349 e. The van der Waals surface area contributed by atoms with E-state index in [9.17, 15) is 4.79 Å². The van der Waals surface area contributed by atoms with Crippen molar-refractivity contribution in [3.63, 3.8) is 0 Å². The van der Waals surface area contributed by atoms with E-state index in [0.717, 1.165) is 23.4 Å². The summed E-state index contributed by atoms with van der Waals surface area (Å²) in [5, 5.41) is 7.62. The van der Waals surface area contributed by atoms with Crippen LogP contribution in [-0.2, 0) is 18.3 Å². The molecule has 0 saturated carbocycles. The van der Waals surface area contributed by atoms with Crippen LogP contribution in [0.25, 0.3) is 0 Å². The third-order valence-electron chi connectivity index (χ3n) is 4.50. The van der Waals surface area contributed by atoms with E-state index in [1.807, 2.05) is 43.9 Å². The molecule has 0 aromatic carbocycles. The predicted octanol–water partition coefficient (Wildman–Crippen LogP) is 3.66. The van der Waals surface area contributed by atoms with Crippen molar-refractivity contribution >= 4 is 5.91 Å². The highest BCUT2D eigenvalue weighted by molar-refractivity contribution is 5.76. The van der Waals surface area contributed by atoms with Crippen LogP contribution in [0.3, 0.4) is 0 Å². The highest BCUT2D eigenvalue weighted by Gasteiger charge is 2.22. The summed E-state index contributed by atoms with van der Waals surface area (Å²) in [5.41, 5.74) is 4.48. The van der Waals surface area contributed by atoms with Crippen LogP contribution in [0.1, 0.15) is 62.2 Å². The molecule has 0 radical (unpaired) electrons. The van der Waals surface area contributed by atoms with E-state index in [1.54, 1.807) is 6.20 Å². The summed E-state index contributed by atoms with van der Waals surface area (Å²) in [6.07, 6.45) is 5.65. The van der Waals surface area contributed by atoms with Gasteiger partial charge in [-0.05, 0) is 49.3 Å². The van der Waals surface area contributed by atoms with Gasteiger partial charge in [0.05, 0.1) is 11.7 Å². The van der Waals surface area contributed by atoms with Crippen LogP contribution in [0, 0.1) is 19.3 Å². The molecule has 2 rings (SSSR count). The normalized spacial score (nSPS) is 12.9. The van der Waals surface area contributed by atoms with E-state index in [0.29, 0.717) is 12.8 Å². The second-order valence-corrected chi connectivity index (χ2v) is 7.94. The molecule has 1 N–H and O–H groups in total. The lowest BCUT2D eigenvalue weighted by Crippen LogP contribution is -2.31. The first kappa shape index (κ1) is 19.2. The van der Waals surface area contributed by atoms with Crippen LogP contribution in [-0.4, -0.2) is 20.7 Å². The van der Waals surface area contributed by atoms with Gasteiger partial charge in [-0.3, -0.25) is 14.5 Å². The van der Waals surface area contributed by atoms with Crippen LogP contribution in [0.2, 0.25) is 0 Å². The number of hydrogen-bond donors (Lipinski definition) is 1. The van der Waals surface area contributed by atoms with E-state index in [1.165, 1.54) is 5.56 Å². The summed E-state index contributed by atoms with van der Waals surface area (Å²) in [5.74, 6) is 0.0701. The Morgan fingerprint density at radius 2 is 2.04 bits per heavy atom. The molecule has 0 aliphatic rings. The van der Waals surface area contributed by atoms with Crippen molar-refractivity contribution in [3.8, 4) is 0 Å². The fourth-order valence-electron chi connectivity index (χ4n) is 3.13. The number of nitrogens with one attached hydrogen (secondary N) is 1. The summed E-state index contributed by atoms with van der Waals surface area (Å²) in [4.78, 5) is 16.8. The van der Waals surface area contributed by atoms with Gasteiger partial charge in [-0.25, -0.2) is 0 Å². The van der Waals surface area contributed by atoms with E-state index in [-0.39, 0.29) is 17.4 Å². The van der Waals surface area contributed by atoms with E-state index < -0.39 is 0 Å². The minimum atomic E-state index is -0.0164. The number of nitrogens with zero attached hydrogens (tertiary/aromatic N) is 3. The topological polar surface area (TPSA) is 59.8 Å². The second kappa shape index (κ2) is 7.81. The number of rotatable bonds is 6. The van der Waals surface area contributed by atoms with Gasteiger partial charge in [-0.1, -0.05) is 26.8 Å². The SMILES string of the molecule is Cc1nn(C)c(C)c1CCC(=O)N[C@H](CC(C)(C)C)c1cccnc1. The quantitative estimate of drug-likeness (QED) is 0.871. The first-order valence-electron chi connectivity index (χ1n) is 8.86. The maximum atomic E-state index is 12.6. The van der Waals surface area contributed by atoms with Crippen molar-refractivity contribution in [2.24, 2.45) is 12.5 Å². The van der Waals surface area contributed by atoms with Crippen molar-refractivity contribution in [2.45, 2.75) is 59.9 Å². The van der Waals surface area contributed by atoms with Gasteiger partial charge in [0, 0.05) is 31.6 Å². The molecule has 0 aliphatic heterocycles. The highest BCUT2D eigenvalue weighted by atomic mass is 16.1. The fraction of sp³-hybridized carbons (Fsp3) is 0.550. The van der Waals surface area contributed by atoms with Gasteiger partial charge in [0.25, 0.3) is 0 Å². The van der Waals surface area contributed by atoms with Crippen molar-refractivity contribution < 1.29 is 4.79 Å². The maximum absolute atomic E-state index is 12.6. The molecule has 2 aromatic rings. The summed E-state index contributed by atoms with van der Waals surface area (Å²) in [7, 11) is 1.94. The molecular formula is C20H30N4O. The first-order chi connectivity index (χ1) is 11.7. The summed E-state index contributed by atoms with van der Waals surface area (Å²) in [6, 6.07) is 3.93. The summed E-state index contributed by atoms with van der Waals surface area (Å²) in [6.45, 7) is 10.6. The van der Waals surface area contributed by atoms with E-state index >= 15 is 0 Å². The molecule has 2 aromatic heterocycles. The van der Waals surface area contributed by atoms with Gasteiger partial charge in [0.2, 0.25) is 5.91 Å². The molecule has 136 valence electrons. The Labute approximate surface area is 150 Å². The van der Waals surface area contributed by atoms with Crippen molar-refractivity contribution in [1.29, 1.82) is 0 Å². The Balaban J connectivity index is 2.04. The zero-order valence-corrected chi connectivity index (χ0v) is 16.3. The van der Waals surface area contributed by atoms with Crippen LogP contribution in [0.5, 0.6) is 0 Å². The van der Waals surface area contributed by atoms with Gasteiger partial charge in [0.1, 0.15) is 0 Å². The third-order valence-corrected chi connectivity index (χ3v) is 4.50. The molecule has 0 fully saturated rings. The van der Waals surface area contributed by atoms with Gasteiger partial charge >= 0.3 is 0 Å². The number of carbonyl (C=O) groups is 1. The lowest BCUT2D eigenvalue weighted by molar-refractivity contribution is -0.122. The molecule has 0 bridgehead atoms. The standard InChI is InChI=1S/C20H30N4O/c1-14-17(15(2)24(6)23-14)9-10-19(25)22-18(12-20(3,4)5)16-8-7-11-21-13-16/h7-8,11,13,18H,9-10,12H2,1-6H3,(H,22,25)/t18-/m1/s1. The largest absolute Gasteiger partial charge is 0.349 e. The number of aryl methyl sites for hydroxylation is 2. The number of aromatic nitrogens is 3. The van der Waals surface area contributed by atoms with Crippen molar-refractivity contribution in [1.82, 2.24) is 20.1 Å². The Bertz CT molecular complexity index is 713. The van der Waals surface area contributed by atoms with Crippen LogP contribution < -0.4 is 5.32 Å². The molecule has 5 nitrogen and oxygen atoms in total. The van der Waals surface area contributed by atoms with Gasteiger partial charge in [0.15, 0.2) is 0 Å². The van der Waals surface area contributed by atoms with E-state index in [2.05, 4.69) is 36.2 Å². The predicted molar refractivity (Wildman–Crippen MR) is 100 cm³/mol. The van der Waals surface area contributed by atoms with E-state index in [4.69, 9.17) is 0 Å². The molecule has 25 heavy (non-hydrogen) atoms. The first-order valence-corrected chi connectivity index (χ1v) is 8.86. The molecule has 5 heteroatoms. The smallest absolute Gasteiger partial charge is 0.220 e. The molecule has 1 atom stereocenters. The summed E-state index contributed by atoms with van der Waals surface area (Å²) < 4.78 is 1.88. The minimum absolute atomic E-state index is 0.0164. The molecule has 0 saturated heterocycles. The zero-order valence-electron chi connectivity index (χ0n) is 16.3. The fourth-order valence-corrected chi connectivity index (χ4v) is 3.13. The number of amides is 1. The highest BCUT2D eigenvalue weighted by Crippen LogP contribution is 2.29. The maximum Gasteiger partial charge on any atom is 0.220 e. The Morgan fingerprint density at radius 1 is 1.32 bits per heavy atom. The molecule has 1 amide bonds. The third kappa shape index (κ3) is 5.41. The van der Waals surface area contributed by atoms with Gasteiger partial charge < -0.3 is 5.32 Å². The average molecular weight is 342 g/mol. The van der Waals surface area contributed by atoms with Crippen LogP contribution in [0.4, 0.5) is 0 Å². The van der Waals surface area contributed by atoms with Crippen LogP contribution >= 0.6 is 0 Å². The van der Waals surface area contributed by atoms with Gasteiger partial charge in [-0.2, -0.15) is 5.10 Å². The van der Waals surface area contributed by atoms with Gasteiger partial charge in [-0.15, -0.1) is 0 Å². The molecule has 0 spiro atoms. The number of pyridine rings is 1. The second-order valence-electron chi connectivity index (χ2n) is 7.94. The van der Waals surface area contributed by atoms with Crippen LogP contribution in [0.15, 0.2) is 24.5 Å². The lowest BCUT2D eigenvalue weighted by atomic mass is 9.85. The Kier molecular flexibility index (Phi) is 5.98. The zero-order chi connectivity index (χ0) is 18.6. The Hall–Kier alpha value is -2.17. The number of carbonyl (C=O) groups excluding carboxylic acids is 1. The molecular weight excluding hydrogens is 312 g/mol. The monoisotopic (exact) mass is 342 g/mol. The lowest BCUT2D eigenvalue weighted by Gasteiger charge is -2.27. The van der Waals surface area contributed by atoms with Crippen molar-refractivity contribution in [2.75, 3.05) is 0 Å². The van der Waals surface area contributed by atoms with Crippen molar-refractivity contribution in [3.05, 3.63) is 47.0 Å². The molecule has 0 unspecified atom stereocenters. The molecule has 0 aliphatic carbocycles. The molecule has 2 heterocycles.